The molecular weight excluding hydrogens is 267 g/mol. The SMILES string of the molecule is CC(=O)c1ccc(C)nc1-c1ccc(C(F)(F)F)cc1. The molecule has 2 rings (SSSR count). The summed E-state index contributed by atoms with van der Waals surface area (Å²) in [5.41, 5.74) is 1.27. The fraction of sp³-hybridized carbons (Fsp3) is 0.200. The minimum Gasteiger partial charge on any atom is -0.294 e. The lowest BCUT2D eigenvalue weighted by Gasteiger charge is -2.10. The van der Waals surface area contributed by atoms with Gasteiger partial charge >= 0.3 is 6.18 Å². The highest BCUT2D eigenvalue weighted by Gasteiger charge is 2.30. The molecule has 104 valence electrons. The van der Waals surface area contributed by atoms with Crippen LogP contribution in [-0.4, -0.2) is 10.8 Å². The van der Waals surface area contributed by atoms with Crippen molar-refractivity contribution in [1.82, 2.24) is 4.98 Å². The van der Waals surface area contributed by atoms with Crippen LogP contribution in [0, 0.1) is 6.92 Å². The predicted octanol–water partition coefficient (Wildman–Crippen LogP) is 4.28. The van der Waals surface area contributed by atoms with Gasteiger partial charge in [0.15, 0.2) is 5.78 Å². The Hall–Kier alpha value is -2.17. The van der Waals surface area contributed by atoms with E-state index >= 15 is 0 Å². The third-order valence-corrected chi connectivity index (χ3v) is 2.90. The molecule has 0 aliphatic rings. The summed E-state index contributed by atoms with van der Waals surface area (Å²) in [7, 11) is 0. The summed E-state index contributed by atoms with van der Waals surface area (Å²) in [6.45, 7) is 3.16. The maximum Gasteiger partial charge on any atom is 0.416 e. The smallest absolute Gasteiger partial charge is 0.294 e. The first-order chi connectivity index (χ1) is 9.29. The first-order valence-corrected chi connectivity index (χ1v) is 5.95. The zero-order valence-corrected chi connectivity index (χ0v) is 11.0. The quantitative estimate of drug-likeness (QED) is 0.768. The first-order valence-electron chi connectivity index (χ1n) is 5.95. The fourth-order valence-electron chi connectivity index (χ4n) is 1.88. The number of Topliss-reactive ketones (excluding diaryl/α,β-unsaturated/α-hetero) is 1. The van der Waals surface area contributed by atoms with Gasteiger partial charge in [0.05, 0.1) is 11.3 Å². The lowest BCUT2D eigenvalue weighted by atomic mass is 10.0. The van der Waals surface area contributed by atoms with E-state index in [9.17, 15) is 18.0 Å². The molecule has 0 radical (unpaired) electrons. The Morgan fingerprint density at radius 3 is 2.15 bits per heavy atom. The molecule has 0 amide bonds. The number of aromatic nitrogens is 1. The normalized spacial score (nSPS) is 11.4. The van der Waals surface area contributed by atoms with Crippen molar-refractivity contribution in [1.29, 1.82) is 0 Å². The number of hydrogen-bond acceptors (Lipinski definition) is 2. The number of alkyl halides is 3. The van der Waals surface area contributed by atoms with Gasteiger partial charge in [-0.05, 0) is 38.1 Å². The summed E-state index contributed by atoms with van der Waals surface area (Å²) >= 11 is 0. The summed E-state index contributed by atoms with van der Waals surface area (Å²) in [4.78, 5) is 15.8. The molecule has 1 aromatic heterocycles. The van der Waals surface area contributed by atoms with Gasteiger partial charge in [0.1, 0.15) is 0 Å². The van der Waals surface area contributed by atoms with Crippen molar-refractivity contribution in [3.63, 3.8) is 0 Å². The van der Waals surface area contributed by atoms with Crippen LogP contribution in [0.15, 0.2) is 36.4 Å². The fourth-order valence-corrected chi connectivity index (χ4v) is 1.88. The van der Waals surface area contributed by atoms with E-state index in [0.717, 1.165) is 12.1 Å². The zero-order valence-electron chi connectivity index (χ0n) is 11.0. The second-order valence-electron chi connectivity index (χ2n) is 4.48. The van der Waals surface area contributed by atoms with Gasteiger partial charge in [-0.3, -0.25) is 9.78 Å². The Morgan fingerprint density at radius 2 is 1.65 bits per heavy atom. The maximum atomic E-state index is 12.5. The number of rotatable bonds is 2. The van der Waals surface area contributed by atoms with E-state index in [2.05, 4.69) is 4.98 Å². The Labute approximate surface area is 114 Å². The average Bonchev–Trinajstić information content (AvgIpc) is 2.37. The van der Waals surface area contributed by atoms with Crippen molar-refractivity contribution in [2.75, 3.05) is 0 Å². The highest BCUT2D eigenvalue weighted by molar-refractivity contribution is 5.99. The van der Waals surface area contributed by atoms with Crippen LogP contribution in [0.4, 0.5) is 13.2 Å². The Bertz CT molecular complexity index is 645. The highest BCUT2D eigenvalue weighted by Crippen LogP contribution is 2.31. The van der Waals surface area contributed by atoms with E-state index in [4.69, 9.17) is 0 Å². The van der Waals surface area contributed by atoms with Crippen LogP contribution in [0.1, 0.15) is 28.5 Å². The van der Waals surface area contributed by atoms with Crippen LogP contribution >= 0.6 is 0 Å². The molecule has 1 aromatic carbocycles. The summed E-state index contributed by atoms with van der Waals surface area (Å²) < 4.78 is 37.6. The molecule has 0 N–H and O–H groups in total. The number of carbonyl (C=O) groups is 1. The van der Waals surface area contributed by atoms with Crippen LogP contribution in [0.25, 0.3) is 11.3 Å². The molecule has 0 aliphatic carbocycles. The molecule has 20 heavy (non-hydrogen) atoms. The van der Waals surface area contributed by atoms with E-state index in [1.54, 1.807) is 19.1 Å². The van der Waals surface area contributed by atoms with E-state index in [-0.39, 0.29) is 5.78 Å². The van der Waals surface area contributed by atoms with Gasteiger partial charge in [0.2, 0.25) is 0 Å². The number of nitrogens with zero attached hydrogens (tertiary/aromatic N) is 1. The number of hydrogen-bond donors (Lipinski definition) is 0. The van der Waals surface area contributed by atoms with Gasteiger partial charge in [-0.1, -0.05) is 12.1 Å². The van der Waals surface area contributed by atoms with Gasteiger partial charge < -0.3 is 0 Å². The van der Waals surface area contributed by atoms with E-state index in [1.807, 2.05) is 0 Å². The third-order valence-electron chi connectivity index (χ3n) is 2.90. The Balaban J connectivity index is 2.52. The standard InChI is InChI=1S/C15H12F3NO/c1-9-3-8-13(10(2)20)14(19-9)11-4-6-12(7-5-11)15(16,17)18/h3-8H,1-2H3. The largest absolute Gasteiger partial charge is 0.416 e. The van der Waals surface area contributed by atoms with Crippen molar-refractivity contribution >= 4 is 5.78 Å². The predicted molar refractivity (Wildman–Crippen MR) is 69.4 cm³/mol. The van der Waals surface area contributed by atoms with Gasteiger partial charge in [-0.2, -0.15) is 13.2 Å². The highest BCUT2D eigenvalue weighted by atomic mass is 19.4. The number of carbonyl (C=O) groups excluding carboxylic acids is 1. The third kappa shape index (κ3) is 2.87. The van der Waals surface area contributed by atoms with Crippen molar-refractivity contribution in [2.45, 2.75) is 20.0 Å². The Kier molecular flexibility index (Phi) is 3.61. The summed E-state index contributed by atoms with van der Waals surface area (Å²) in [5.74, 6) is -0.174. The van der Waals surface area contributed by atoms with Crippen molar-refractivity contribution in [2.24, 2.45) is 0 Å². The number of pyridine rings is 1. The minimum atomic E-state index is -4.37. The molecule has 0 spiro atoms. The molecule has 2 aromatic rings. The number of ketones is 1. The second kappa shape index (κ2) is 5.07. The molecular formula is C15H12F3NO. The Morgan fingerprint density at radius 1 is 1.05 bits per heavy atom. The summed E-state index contributed by atoms with van der Waals surface area (Å²) in [6.07, 6.45) is -4.37. The molecule has 5 heteroatoms. The van der Waals surface area contributed by atoms with Gasteiger partial charge in [-0.15, -0.1) is 0 Å². The van der Waals surface area contributed by atoms with Crippen molar-refractivity contribution in [3.05, 3.63) is 53.2 Å². The molecule has 0 saturated heterocycles. The number of halogens is 3. The molecule has 2 nitrogen and oxygen atoms in total. The van der Waals surface area contributed by atoms with Crippen LogP contribution in [0.3, 0.4) is 0 Å². The lowest BCUT2D eigenvalue weighted by molar-refractivity contribution is -0.137. The molecule has 0 aliphatic heterocycles. The minimum absolute atomic E-state index is 0.174. The van der Waals surface area contributed by atoms with Gasteiger partial charge in [-0.25, -0.2) is 0 Å². The topological polar surface area (TPSA) is 30.0 Å². The molecule has 1 heterocycles. The van der Waals surface area contributed by atoms with E-state index < -0.39 is 11.7 Å². The van der Waals surface area contributed by atoms with E-state index in [1.165, 1.54) is 19.1 Å². The van der Waals surface area contributed by atoms with Gasteiger partial charge in [0.25, 0.3) is 0 Å². The maximum absolute atomic E-state index is 12.5. The monoisotopic (exact) mass is 279 g/mol. The molecule has 0 bridgehead atoms. The van der Waals surface area contributed by atoms with Crippen molar-refractivity contribution in [3.8, 4) is 11.3 Å². The first kappa shape index (κ1) is 14.2. The van der Waals surface area contributed by atoms with E-state index in [0.29, 0.717) is 22.5 Å². The van der Waals surface area contributed by atoms with Crippen LogP contribution in [0.2, 0.25) is 0 Å². The van der Waals surface area contributed by atoms with Crippen LogP contribution in [-0.2, 0) is 6.18 Å². The zero-order chi connectivity index (χ0) is 14.9. The van der Waals surface area contributed by atoms with Gasteiger partial charge in [0, 0.05) is 16.8 Å². The number of benzene rings is 1. The number of aryl methyl sites for hydroxylation is 1. The average molecular weight is 279 g/mol. The summed E-state index contributed by atoms with van der Waals surface area (Å²) in [6, 6.07) is 7.97. The van der Waals surface area contributed by atoms with Crippen LogP contribution in [0.5, 0.6) is 0 Å². The molecule has 0 saturated carbocycles. The second-order valence-corrected chi connectivity index (χ2v) is 4.48. The van der Waals surface area contributed by atoms with Crippen LogP contribution < -0.4 is 0 Å². The molecule has 0 atom stereocenters. The molecule has 0 unspecified atom stereocenters. The lowest BCUT2D eigenvalue weighted by Crippen LogP contribution is -2.05. The summed E-state index contributed by atoms with van der Waals surface area (Å²) in [5, 5.41) is 0. The van der Waals surface area contributed by atoms with Crippen molar-refractivity contribution < 1.29 is 18.0 Å². The molecule has 0 fully saturated rings.